The van der Waals surface area contributed by atoms with Crippen molar-refractivity contribution in [3.8, 4) is 0 Å². The number of hydrogen-bond donors (Lipinski definition) is 1. The van der Waals surface area contributed by atoms with Gasteiger partial charge < -0.3 is 19.5 Å². The number of hydrogen-bond acceptors (Lipinski definition) is 5. The fourth-order valence-corrected chi connectivity index (χ4v) is 2.76. The Kier molecular flexibility index (Phi) is 5.85. The minimum atomic E-state index is 0.216. The van der Waals surface area contributed by atoms with Crippen molar-refractivity contribution in [3.63, 3.8) is 0 Å². The largest absolute Gasteiger partial charge is 0.377 e. The van der Waals surface area contributed by atoms with E-state index in [1.54, 1.807) is 14.2 Å². The molecule has 0 amide bonds. The Morgan fingerprint density at radius 1 is 1.22 bits per heavy atom. The highest BCUT2D eigenvalue weighted by atomic mass is 16.5. The number of nitrogens with one attached hydrogen (secondary N) is 1. The molecule has 2 aliphatic rings. The summed E-state index contributed by atoms with van der Waals surface area (Å²) in [4.78, 5) is 2.39. The number of likely N-dealkylation sites (tertiary alicyclic amines) is 1. The van der Waals surface area contributed by atoms with Gasteiger partial charge in [0.25, 0.3) is 0 Å². The highest BCUT2D eigenvalue weighted by Gasteiger charge is 2.32. The van der Waals surface area contributed by atoms with E-state index in [4.69, 9.17) is 14.2 Å². The normalized spacial score (nSPS) is 33.3. The van der Waals surface area contributed by atoms with Gasteiger partial charge in [-0.1, -0.05) is 0 Å². The van der Waals surface area contributed by atoms with Gasteiger partial charge in [0.15, 0.2) is 0 Å². The summed E-state index contributed by atoms with van der Waals surface area (Å²) in [6, 6.07) is 0. The van der Waals surface area contributed by atoms with E-state index in [1.807, 2.05) is 0 Å². The number of rotatable bonds is 7. The number of methoxy groups -OCH3 is 2. The van der Waals surface area contributed by atoms with Gasteiger partial charge in [-0.05, 0) is 12.8 Å². The lowest BCUT2D eigenvalue weighted by molar-refractivity contribution is -0.00461. The Morgan fingerprint density at radius 2 is 1.94 bits per heavy atom. The second-order valence-corrected chi connectivity index (χ2v) is 5.15. The quantitative estimate of drug-likeness (QED) is 0.656. The van der Waals surface area contributed by atoms with Crippen LogP contribution in [0.15, 0.2) is 0 Å². The summed E-state index contributed by atoms with van der Waals surface area (Å²) in [6.45, 7) is 5.91. The van der Waals surface area contributed by atoms with Gasteiger partial charge in [-0.2, -0.15) is 0 Å². The van der Waals surface area contributed by atoms with Crippen molar-refractivity contribution < 1.29 is 14.2 Å². The maximum atomic E-state index is 5.58. The Labute approximate surface area is 110 Å². The van der Waals surface area contributed by atoms with E-state index in [0.29, 0.717) is 6.10 Å². The van der Waals surface area contributed by atoms with Crippen LogP contribution in [0.2, 0.25) is 0 Å². The summed E-state index contributed by atoms with van der Waals surface area (Å²) in [6.07, 6.45) is 3.28. The predicted octanol–water partition coefficient (Wildman–Crippen LogP) is 0.101. The fourth-order valence-electron chi connectivity index (χ4n) is 2.76. The average molecular weight is 258 g/mol. The molecule has 5 heteroatoms. The van der Waals surface area contributed by atoms with Crippen molar-refractivity contribution in [3.05, 3.63) is 0 Å². The van der Waals surface area contributed by atoms with Crippen molar-refractivity contribution in [2.75, 3.05) is 53.6 Å². The molecule has 0 bridgehead atoms. The maximum Gasteiger partial charge on any atom is 0.0971 e. The van der Waals surface area contributed by atoms with Crippen LogP contribution in [0.25, 0.3) is 0 Å². The first-order chi connectivity index (χ1) is 8.83. The van der Waals surface area contributed by atoms with Crippen molar-refractivity contribution in [2.24, 2.45) is 0 Å². The lowest BCUT2D eigenvalue weighted by Crippen LogP contribution is -2.35. The molecule has 0 aromatic heterocycles. The van der Waals surface area contributed by atoms with Gasteiger partial charge in [-0.3, -0.25) is 4.90 Å². The molecule has 0 radical (unpaired) electrons. The summed E-state index contributed by atoms with van der Waals surface area (Å²) < 4.78 is 16.4. The molecule has 106 valence electrons. The molecule has 2 fully saturated rings. The Hall–Kier alpha value is -0.200. The minimum absolute atomic E-state index is 0.216. The zero-order chi connectivity index (χ0) is 12.8. The highest BCUT2D eigenvalue weighted by molar-refractivity contribution is 4.85. The standard InChI is InChI=1S/C13H26N2O3/c1-16-12-9-15(10-13(12)17-2)6-5-14-8-11-4-3-7-18-11/h11-14H,3-10H2,1-2H3. The predicted molar refractivity (Wildman–Crippen MR) is 69.9 cm³/mol. The maximum absolute atomic E-state index is 5.58. The van der Waals surface area contributed by atoms with Gasteiger partial charge in [-0.25, -0.2) is 0 Å². The molecular weight excluding hydrogens is 232 g/mol. The molecule has 0 aromatic carbocycles. The van der Waals surface area contributed by atoms with Crippen molar-refractivity contribution >= 4 is 0 Å². The first-order valence-corrected chi connectivity index (χ1v) is 6.93. The van der Waals surface area contributed by atoms with Gasteiger partial charge >= 0.3 is 0 Å². The molecule has 3 unspecified atom stereocenters. The first kappa shape index (κ1) is 14.2. The van der Waals surface area contributed by atoms with Gasteiger partial charge in [-0.15, -0.1) is 0 Å². The molecule has 2 rings (SSSR count). The van der Waals surface area contributed by atoms with Gasteiger partial charge in [0.05, 0.1) is 18.3 Å². The summed E-state index contributed by atoms with van der Waals surface area (Å²) in [7, 11) is 3.52. The van der Waals surface area contributed by atoms with Crippen LogP contribution in [-0.4, -0.2) is 76.8 Å². The Bertz CT molecular complexity index is 222. The van der Waals surface area contributed by atoms with Crippen LogP contribution in [-0.2, 0) is 14.2 Å². The molecule has 5 nitrogen and oxygen atoms in total. The third kappa shape index (κ3) is 3.90. The molecule has 0 spiro atoms. The Morgan fingerprint density at radius 3 is 2.50 bits per heavy atom. The smallest absolute Gasteiger partial charge is 0.0971 e. The molecule has 0 saturated carbocycles. The van der Waals surface area contributed by atoms with Crippen LogP contribution in [0, 0.1) is 0 Å². The van der Waals surface area contributed by atoms with E-state index in [9.17, 15) is 0 Å². The molecular formula is C13H26N2O3. The van der Waals surface area contributed by atoms with Crippen LogP contribution in [0.3, 0.4) is 0 Å². The van der Waals surface area contributed by atoms with Crippen molar-refractivity contribution in [1.29, 1.82) is 0 Å². The SMILES string of the molecule is COC1CN(CCNCC2CCCO2)CC1OC. The van der Waals surface area contributed by atoms with Crippen molar-refractivity contribution in [2.45, 2.75) is 31.2 Å². The van der Waals surface area contributed by atoms with E-state index in [1.165, 1.54) is 12.8 Å². The lowest BCUT2D eigenvalue weighted by atomic mass is 10.2. The van der Waals surface area contributed by atoms with E-state index in [2.05, 4.69) is 10.2 Å². The topological polar surface area (TPSA) is 43.0 Å². The zero-order valence-corrected chi connectivity index (χ0v) is 11.6. The third-order valence-electron chi connectivity index (χ3n) is 3.90. The van der Waals surface area contributed by atoms with E-state index >= 15 is 0 Å². The molecule has 3 atom stereocenters. The second-order valence-electron chi connectivity index (χ2n) is 5.15. The molecule has 2 heterocycles. The molecule has 0 aromatic rings. The van der Waals surface area contributed by atoms with Crippen LogP contribution < -0.4 is 5.32 Å². The number of ether oxygens (including phenoxy) is 3. The van der Waals surface area contributed by atoms with Crippen LogP contribution in [0.4, 0.5) is 0 Å². The van der Waals surface area contributed by atoms with Crippen LogP contribution in [0.1, 0.15) is 12.8 Å². The lowest BCUT2D eigenvalue weighted by Gasteiger charge is -2.16. The van der Waals surface area contributed by atoms with Gasteiger partial charge in [0, 0.05) is 53.6 Å². The first-order valence-electron chi connectivity index (χ1n) is 6.93. The molecule has 2 aliphatic heterocycles. The summed E-state index contributed by atoms with van der Waals surface area (Å²) in [5.74, 6) is 0. The van der Waals surface area contributed by atoms with Crippen molar-refractivity contribution in [1.82, 2.24) is 10.2 Å². The zero-order valence-electron chi connectivity index (χ0n) is 11.6. The molecule has 2 saturated heterocycles. The highest BCUT2D eigenvalue weighted by Crippen LogP contribution is 2.15. The molecule has 1 N–H and O–H groups in total. The monoisotopic (exact) mass is 258 g/mol. The minimum Gasteiger partial charge on any atom is -0.377 e. The van der Waals surface area contributed by atoms with Crippen LogP contribution >= 0.6 is 0 Å². The van der Waals surface area contributed by atoms with Gasteiger partial charge in [0.1, 0.15) is 0 Å². The number of nitrogens with zero attached hydrogens (tertiary/aromatic N) is 1. The fraction of sp³-hybridized carbons (Fsp3) is 1.00. The summed E-state index contributed by atoms with van der Waals surface area (Å²) >= 11 is 0. The molecule has 18 heavy (non-hydrogen) atoms. The average Bonchev–Trinajstić information content (AvgIpc) is 3.03. The summed E-state index contributed by atoms with van der Waals surface area (Å²) in [5.41, 5.74) is 0. The summed E-state index contributed by atoms with van der Waals surface area (Å²) in [5, 5.41) is 3.47. The molecule has 0 aliphatic carbocycles. The van der Waals surface area contributed by atoms with Crippen LogP contribution in [0.5, 0.6) is 0 Å². The van der Waals surface area contributed by atoms with E-state index in [-0.39, 0.29) is 12.2 Å². The van der Waals surface area contributed by atoms with E-state index in [0.717, 1.165) is 39.3 Å². The van der Waals surface area contributed by atoms with E-state index < -0.39 is 0 Å². The Balaban J connectivity index is 1.56. The van der Waals surface area contributed by atoms with Gasteiger partial charge in [0.2, 0.25) is 0 Å². The second kappa shape index (κ2) is 7.40. The third-order valence-corrected chi connectivity index (χ3v) is 3.90.